The maximum Gasteiger partial charge on any atom is 0.102 e. The highest BCUT2D eigenvalue weighted by Crippen LogP contribution is 2.26. The molecule has 0 unspecified atom stereocenters. The van der Waals surface area contributed by atoms with Crippen molar-refractivity contribution in [3.8, 4) is 10.6 Å². The Kier molecular flexibility index (Phi) is 2.65. The Morgan fingerprint density at radius 1 is 1.43 bits per heavy atom. The number of rotatable bonds is 3. The van der Waals surface area contributed by atoms with Gasteiger partial charge in [-0.2, -0.15) is 5.10 Å². The number of aryl methyl sites for hydroxylation is 1. The van der Waals surface area contributed by atoms with Crippen LogP contribution >= 0.6 is 11.3 Å². The minimum absolute atomic E-state index is 0.610. The van der Waals surface area contributed by atoms with Gasteiger partial charge < -0.3 is 5.73 Å². The van der Waals surface area contributed by atoms with Crippen molar-refractivity contribution >= 4 is 11.3 Å². The van der Waals surface area contributed by atoms with Gasteiger partial charge in [-0.25, -0.2) is 0 Å². The third-order valence-corrected chi connectivity index (χ3v) is 3.21. The Labute approximate surface area is 87.2 Å². The second-order valence-electron chi connectivity index (χ2n) is 3.03. The number of thiophene rings is 1. The van der Waals surface area contributed by atoms with E-state index in [2.05, 4.69) is 24.2 Å². The van der Waals surface area contributed by atoms with E-state index in [0.29, 0.717) is 6.54 Å². The van der Waals surface area contributed by atoms with E-state index in [9.17, 15) is 0 Å². The molecular formula is C10H13N3S. The van der Waals surface area contributed by atoms with Crippen molar-refractivity contribution in [3.63, 3.8) is 0 Å². The van der Waals surface area contributed by atoms with Crippen molar-refractivity contribution in [2.45, 2.75) is 20.0 Å². The third kappa shape index (κ3) is 1.71. The van der Waals surface area contributed by atoms with E-state index in [1.165, 1.54) is 9.75 Å². The minimum Gasteiger partial charge on any atom is -0.326 e. The summed E-state index contributed by atoms with van der Waals surface area (Å²) in [4.78, 5) is 2.39. The summed E-state index contributed by atoms with van der Waals surface area (Å²) in [6.07, 6.45) is 2.00. The fourth-order valence-electron chi connectivity index (χ4n) is 1.29. The molecule has 3 nitrogen and oxygen atoms in total. The number of hydrogen-bond donors (Lipinski definition) is 1. The number of nitrogens with two attached hydrogens (primary N) is 1. The predicted octanol–water partition coefficient (Wildman–Crippen LogP) is 2.09. The van der Waals surface area contributed by atoms with Crippen LogP contribution in [0.4, 0.5) is 0 Å². The van der Waals surface area contributed by atoms with Crippen LogP contribution in [0, 0.1) is 0 Å². The van der Waals surface area contributed by atoms with E-state index < -0.39 is 0 Å². The molecule has 0 radical (unpaired) electrons. The smallest absolute Gasteiger partial charge is 0.102 e. The quantitative estimate of drug-likeness (QED) is 0.837. The molecule has 0 saturated carbocycles. The molecule has 2 N–H and O–H groups in total. The molecule has 0 bridgehead atoms. The summed E-state index contributed by atoms with van der Waals surface area (Å²) in [7, 11) is 0. The molecule has 0 aliphatic heterocycles. The molecule has 0 aliphatic rings. The molecule has 0 spiro atoms. The third-order valence-electron chi connectivity index (χ3n) is 2.08. The maximum atomic E-state index is 5.56. The Morgan fingerprint density at radius 2 is 2.29 bits per heavy atom. The Balaban J connectivity index is 2.29. The lowest BCUT2D eigenvalue weighted by atomic mass is 10.3. The van der Waals surface area contributed by atoms with Crippen LogP contribution < -0.4 is 5.73 Å². The Morgan fingerprint density at radius 3 is 2.86 bits per heavy atom. The van der Waals surface area contributed by atoms with E-state index >= 15 is 0 Å². The molecule has 2 aromatic rings. The highest BCUT2D eigenvalue weighted by atomic mass is 32.1. The van der Waals surface area contributed by atoms with Gasteiger partial charge in [-0.05, 0) is 25.1 Å². The average molecular weight is 207 g/mol. The molecule has 4 heteroatoms. The minimum atomic E-state index is 0.610. The van der Waals surface area contributed by atoms with E-state index in [4.69, 9.17) is 5.73 Å². The van der Waals surface area contributed by atoms with Crippen LogP contribution in [0.2, 0.25) is 0 Å². The van der Waals surface area contributed by atoms with Gasteiger partial charge in [0.1, 0.15) is 5.69 Å². The lowest BCUT2D eigenvalue weighted by Crippen LogP contribution is -1.93. The Hall–Kier alpha value is -1.13. The zero-order valence-corrected chi connectivity index (χ0v) is 8.92. The van der Waals surface area contributed by atoms with E-state index in [-0.39, 0.29) is 0 Å². The normalized spacial score (nSPS) is 10.7. The largest absolute Gasteiger partial charge is 0.326 e. The first-order valence-corrected chi connectivity index (χ1v) is 5.47. The van der Waals surface area contributed by atoms with Gasteiger partial charge in [0.15, 0.2) is 0 Å². The standard InChI is InChI=1S/C10H13N3S/c1-2-13-6-5-9(12-13)10-4-3-8(7-11)14-10/h3-6H,2,7,11H2,1H3. The summed E-state index contributed by atoms with van der Waals surface area (Å²) in [5.41, 5.74) is 6.60. The second-order valence-corrected chi connectivity index (χ2v) is 4.20. The first-order chi connectivity index (χ1) is 6.83. The zero-order valence-electron chi connectivity index (χ0n) is 8.10. The molecule has 2 rings (SSSR count). The number of aromatic nitrogens is 2. The van der Waals surface area contributed by atoms with Crippen molar-refractivity contribution in [2.75, 3.05) is 0 Å². The van der Waals surface area contributed by atoms with Gasteiger partial charge in [-0.1, -0.05) is 0 Å². The lowest BCUT2D eigenvalue weighted by molar-refractivity contribution is 0.662. The molecule has 0 aliphatic carbocycles. The van der Waals surface area contributed by atoms with Crippen molar-refractivity contribution < 1.29 is 0 Å². The topological polar surface area (TPSA) is 43.8 Å². The molecule has 0 aromatic carbocycles. The first-order valence-electron chi connectivity index (χ1n) is 4.66. The van der Waals surface area contributed by atoms with Crippen LogP contribution in [-0.4, -0.2) is 9.78 Å². The Bertz CT molecular complexity index is 376. The fourth-order valence-corrected chi connectivity index (χ4v) is 2.15. The fraction of sp³-hybridized carbons (Fsp3) is 0.300. The van der Waals surface area contributed by atoms with Gasteiger partial charge >= 0.3 is 0 Å². The summed E-state index contributed by atoms with van der Waals surface area (Å²) in [6, 6.07) is 6.18. The van der Waals surface area contributed by atoms with Crippen LogP contribution in [0.25, 0.3) is 10.6 Å². The number of hydrogen-bond acceptors (Lipinski definition) is 3. The molecule has 0 amide bonds. The molecule has 74 valence electrons. The molecule has 2 aromatic heterocycles. The van der Waals surface area contributed by atoms with Crippen molar-refractivity contribution in [3.05, 3.63) is 29.3 Å². The van der Waals surface area contributed by atoms with Crippen LogP contribution in [-0.2, 0) is 13.1 Å². The summed E-state index contributed by atoms with van der Waals surface area (Å²) < 4.78 is 1.93. The van der Waals surface area contributed by atoms with Crippen molar-refractivity contribution in [1.82, 2.24) is 9.78 Å². The molecule has 0 fully saturated rings. The SMILES string of the molecule is CCn1ccc(-c2ccc(CN)s2)n1. The summed E-state index contributed by atoms with van der Waals surface area (Å²) in [5, 5.41) is 4.43. The average Bonchev–Trinajstić information content (AvgIpc) is 2.86. The number of nitrogens with zero attached hydrogens (tertiary/aromatic N) is 2. The second kappa shape index (κ2) is 3.94. The summed E-state index contributed by atoms with van der Waals surface area (Å²) in [5.74, 6) is 0. The van der Waals surface area contributed by atoms with Gasteiger partial charge in [0.25, 0.3) is 0 Å². The molecule has 0 atom stereocenters. The first kappa shape index (κ1) is 9.43. The summed E-state index contributed by atoms with van der Waals surface area (Å²) >= 11 is 1.71. The molecule has 0 saturated heterocycles. The monoisotopic (exact) mass is 207 g/mol. The van der Waals surface area contributed by atoms with E-state index in [1.807, 2.05) is 16.9 Å². The van der Waals surface area contributed by atoms with Gasteiger partial charge in [0.05, 0.1) is 4.88 Å². The zero-order chi connectivity index (χ0) is 9.97. The highest BCUT2D eigenvalue weighted by Gasteiger charge is 2.04. The molecule has 2 heterocycles. The van der Waals surface area contributed by atoms with Gasteiger partial charge in [0, 0.05) is 24.2 Å². The van der Waals surface area contributed by atoms with Gasteiger partial charge in [-0.3, -0.25) is 4.68 Å². The van der Waals surface area contributed by atoms with Gasteiger partial charge in [0.2, 0.25) is 0 Å². The summed E-state index contributed by atoms with van der Waals surface area (Å²) in [6.45, 7) is 3.60. The van der Waals surface area contributed by atoms with Crippen LogP contribution in [0.5, 0.6) is 0 Å². The van der Waals surface area contributed by atoms with E-state index in [1.54, 1.807) is 11.3 Å². The maximum absolute atomic E-state index is 5.56. The predicted molar refractivity (Wildman–Crippen MR) is 59.1 cm³/mol. The highest BCUT2D eigenvalue weighted by molar-refractivity contribution is 7.15. The van der Waals surface area contributed by atoms with Gasteiger partial charge in [-0.15, -0.1) is 11.3 Å². The van der Waals surface area contributed by atoms with Crippen LogP contribution in [0.15, 0.2) is 24.4 Å². The van der Waals surface area contributed by atoms with E-state index in [0.717, 1.165) is 12.2 Å². The molecule has 14 heavy (non-hydrogen) atoms. The van der Waals surface area contributed by atoms with Crippen LogP contribution in [0.3, 0.4) is 0 Å². The van der Waals surface area contributed by atoms with Crippen LogP contribution in [0.1, 0.15) is 11.8 Å². The van der Waals surface area contributed by atoms with Crippen molar-refractivity contribution in [2.24, 2.45) is 5.73 Å². The lowest BCUT2D eigenvalue weighted by Gasteiger charge is -1.92. The van der Waals surface area contributed by atoms with Crippen molar-refractivity contribution in [1.29, 1.82) is 0 Å². The molecular weight excluding hydrogens is 194 g/mol.